The van der Waals surface area contributed by atoms with E-state index in [-0.39, 0.29) is 11.3 Å². The number of carbonyl (C=O) groups excluding carboxylic acids is 1. The van der Waals surface area contributed by atoms with Crippen molar-refractivity contribution in [1.82, 2.24) is 5.32 Å². The molecule has 1 aliphatic heterocycles. The summed E-state index contributed by atoms with van der Waals surface area (Å²) in [6.45, 7) is 6.49. The predicted molar refractivity (Wildman–Crippen MR) is 179 cm³/mol. The average Bonchev–Trinajstić information content (AvgIpc) is 3.23. The van der Waals surface area contributed by atoms with E-state index in [9.17, 15) is 4.79 Å². The lowest BCUT2D eigenvalue weighted by atomic mass is 9.81. The SMILES string of the molecule is COc1ccc2ccccc2c1/C=C/C1=[N+](CCCCCC(=O)NCCN)c2ccc(Nc3ccccc3)cc2C1(C)C. The number of anilines is 2. The third kappa shape index (κ3) is 6.81. The van der Waals surface area contributed by atoms with Gasteiger partial charge in [-0.1, -0.05) is 48.5 Å². The van der Waals surface area contributed by atoms with Crippen molar-refractivity contribution in [2.24, 2.45) is 5.73 Å². The van der Waals surface area contributed by atoms with Crippen LogP contribution in [0.1, 0.15) is 50.7 Å². The van der Waals surface area contributed by atoms with E-state index in [2.05, 4.69) is 102 Å². The zero-order chi connectivity index (χ0) is 30.2. The summed E-state index contributed by atoms with van der Waals surface area (Å²) in [5.41, 5.74) is 12.3. The van der Waals surface area contributed by atoms with Crippen molar-refractivity contribution in [1.29, 1.82) is 0 Å². The number of nitrogens with two attached hydrogens (primary N) is 1. The van der Waals surface area contributed by atoms with Gasteiger partial charge in [0.05, 0.1) is 12.5 Å². The van der Waals surface area contributed by atoms with E-state index in [0.717, 1.165) is 48.5 Å². The number of carbonyl (C=O) groups is 1. The largest absolute Gasteiger partial charge is 0.496 e. The minimum absolute atomic E-state index is 0.0794. The van der Waals surface area contributed by atoms with Crippen molar-refractivity contribution in [2.45, 2.75) is 44.9 Å². The van der Waals surface area contributed by atoms with Gasteiger partial charge in [0.25, 0.3) is 0 Å². The molecule has 43 heavy (non-hydrogen) atoms. The number of nitrogens with one attached hydrogen (secondary N) is 2. The van der Waals surface area contributed by atoms with Crippen LogP contribution in [0.15, 0.2) is 91.0 Å². The smallest absolute Gasteiger partial charge is 0.220 e. The monoisotopic (exact) mass is 575 g/mol. The molecule has 1 heterocycles. The van der Waals surface area contributed by atoms with Gasteiger partial charge in [0, 0.05) is 60.6 Å². The topological polar surface area (TPSA) is 79.4 Å². The van der Waals surface area contributed by atoms with Crippen molar-refractivity contribution in [2.75, 3.05) is 32.1 Å². The number of hydrogen-bond acceptors (Lipinski definition) is 4. The van der Waals surface area contributed by atoms with Crippen LogP contribution in [-0.4, -0.2) is 42.9 Å². The highest BCUT2D eigenvalue weighted by Crippen LogP contribution is 2.42. The number of hydrogen-bond donors (Lipinski definition) is 3. The van der Waals surface area contributed by atoms with Gasteiger partial charge in [-0.25, -0.2) is 0 Å². The number of nitrogens with zero attached hydrogens (tertiary/aromatic N) is 1. The third-order valence-electron chi connectivity index (χ3n) is 8.26. The first-order valence-electron chi connectivity index (χ1n) is 15.2. The van der Waals surface area contributed by atoms with Gasteiger partial charge in [0.15, 0.2) is 5.71 Å². The van der Waals surface area contributed by atoms with E-state index in [1.54, 1.807) is 7.11 Å². The van der Waals surface area contributed by atoms with E-state index in [1.165, 1.54) is 27.7 Å². The molecule has 1 aliphatic rings. The Morgan fingerprint density at radius 3 is 2.49 bits per heavy atom. The lowest BCUT2D eigenvalue weighted by Gasteiger charge is -2.17. The summed E-state index contributed by atoms with van der Waals surface area (Å²) in [6, 6.07) is 29.6. The quantitative estimate of drug-likeness (QED) is 0.115. The molecule has 0 saturated heterocycles. The van der Waals surface area contributed by atoms with Crippen LogP contribution in [0.5, 0.6) is 5.75 Å². The number of allylic oxidation sites excluding steroid dienone is 1. The van der Waals surface area contributed by atoms with Crippen molar-refractivity contribution >= 4 is 45.5 Å². The maximum Gasteiger partial charge on any atom is 0.220 e. The highest BCUT2D eigenvalue weighted by Gasteiger charge is 2.44. The van der Waals surface area contributed by atoms with E-state index < -0.39 is 0 Å². The molecule has 0 aromatic heterocycles. The van der Waals surface area contributed by atoms with Gasteiger partial charge in [-0.15, -0.1) is 0 Å². The fourth-order valence-corrected chi connectivity index (χ4v) is 6.00. The number of benzene rings is 4. The van der Waals surface area contributed by atoms with E-state index in [0.29, 0.717) is 19.5 Å². The Kier molecular flexibility index (Phi) is 9.58. The zero-order valence-corrected chi connectivity index (χ0v) is 25.5. The van der Waals surface area contributed by atoms with Crippen LogP contribution in [0, 0.1) is 0 Å². The number of rotatable bonds is 13. The summed E-state index contributed by atoms with van der Waals surface area (Å²) in [6.07, 6.45) is 7.84. The van der Waals surface area contributed by atoms with Crippen molar-refractivity contribution in [3.05, 3.63) is 102 Å². The van der Waals surface area contributed by atoms with Gasteiger partial charge in [-0.2, -0.15) is 4.58 Å². The third-order valence-corrected chi connectivity index (χ3v) is 8.26. The highest BCUT2D eigenvalue weighted by molar-refractivity contribution is 6.07. The van der Waals surface area contributed by atoms with Crippen LogP contribution < -0.4 is 21.1 Å². The average molecular weight is 576 g/mol. The first-order chi connectivity index (χ1) is 20.9. The van der Waals surface area contributed by atoms with Crippen LogP contribution in [0.4, 0.5) is 17.1 Å². The molecule has 0 aliphatic carbocycles. The Bertz CT molecular complexity index is 1640. The number of fused-ring (bicyclic) bond motifs is 2. The van der Waals surface area contributed by atoms with Gasteiger partial charge < -0.3 is 21.1 Å². The standard InChI is InChI=1S/C37H42N4O2/c1-37(2)32-26-29(40-28-13-6-4-7-14-28)18-20-33(32)41(25-11-5-8-16-36(42)39-24-23-38)35(37)22-19-31-30-15-10-9-12-27(30)17-21-34(31)43-3/h4,6-7,9-10,12-15,17-22,26,40H,5,8,11,16,23-25,38H2,1-3H3/p+1/b22-19+. The number of amides is 1. The van der Waals surface area contributed by atoms with Crippen LogP contribution in [-0.2, 0) is 10.2 Å². The van der Waals surface area contributed by atoms with E-state index in [4.69, 9.17) is 10.5 Å². The summed E-state index contributed by atoms with van der Waals surface area (Å²) < 4.78 is 8.26. The Labute approximate surface area is 255 Å². The molecule has 4 aromatic rings. The molecule has 1 amide bonds. The second-order valence-electron chi connectivity index (χ2n) is 11.6. The maximum absolute atomic E-state index is 12.0. The van der Waals surface area contributed by atoms with Crippen molar-refractivity contribution in [3.63, 3.8) is 0 Å². The van der Waals surface area contributed by atoms with Crippen LogP contribution in [0.25, 0.3) is 16.8 Å². The Balaban J connectivity index is 1.46. The normalized spacial score (nSPS) is 13.9. The van der Waals surface area contributed by atoms with E-state index >= 15 is 0 Å². The van der Waals surface area contributed by atoms with Gasteiger partial charge in [0.2, 0.25) is 11.6 Å². The molecule has 0 unspecified atom stereocenters. The maximum atomic E-state index is 12.0. The van der Waals surface area contributed by atoms with Gasteiger partial charge in [0.1, 0.15) is 12.3 Å². The molecular formula is C37H43N4O2+. The molecule has 0 saturated carbocycles. The van der Waals surface area contributed by atoms with E-state index in [1.807, 2.05) is 24.3 Å². The molecule has 0 bridgehead atoms. The molecule has 6 nitrogen and oxygen atoms in total. The number of unbranched alkanes of at least 4 members (excludes halogenated alkanes) is 2. The minimum Gasteiger partial charge on any atom is -0.496 e. The summed E-state index contributed by atoms with van der Waals surface area (Å²) in [5, 5.41) is 8.79. The number of ether oxygens (including phenoxy) is 1. The Morgan fingerprint density at radius 2 is 1.70 bits per heavy atom. The molecule has 5 rings (SSSR count). The molecule has 0 spiro atoms. The molecule has 0 radical (unpaired) electrons. The van der Waals surface area contributed by atoms with Crippen LogP contribution in [0.3, 0.4) is 0 Å². The van der Waals surface area contributed by atoms with Crippen molar-refractivity contribution < 1.29 is 14.1 Å². The van der Waals surface area contributed by atoms with Gasteiger partial charge >= 0.3 is 0 Å². The highest BCUT2D eigenvalue weighted by atomic mass is 16.5. The fraction of sp³-hybridized carbons (Fsp3) is 0.297. The minimum atomic E-state index is -0.222. The number of para-hydroxylation sites is 1. The predicted octanol–water partition coefficient (Wildman–Crippen LogP) is 7.32. The summed E-state index contributed by atoms with van der Waals surface area (Å²) in [7, 11) is 1.73. The molecular weight excluding hydrogens is 532 g/mol. The van der Waals surface area contributed by atoms with Gasteiger partial charge in [-0.3, -0.25) is 4.79 Å². The summed E-state index contributed by atoms with van der Waals surface area (Å²) >= 11 is 0. The molecule has 6 heteroatoms. The van der Waals surface area contributed by atoms with Crippen LogP contribution in [0.2, 0.25) is 0 Å². The van der Waals surface area contributed by atoms with Gasteiger partial charge in [-0.05, 0) is 73.9 Å². The lowest BCUT2D eigenvalue weighted by molar-refractivity contribution is -0.438. The molecule has 0 fully saturated rings. The first kappa shape index (κ1) is 30.1. The Hall–Kier alpha value is -4.42. The Morgan fingerprint density at radius 1 is 0.907 bits per heavy atom. The molecule has 0 atom stereocenters. The first-order valence-corrected chi connectivity index (χ1v) is 15.2. The van der Waals surface area contributed by atoms with Crippen molar-refractivity contribution in [3.8, 4) is 5.75 Å². The second kappa shape index (κ2) is 13.7. The summed E-state index contributed by atoms with van der Waals surface area (Å²) in [5.74, 6) is 0.938. The summed E-state index contributed by atoms with van der Waals surface area (Å²) in [4.78, 5) is 12.0. The second-order valence-corrected chi connectivity index (χ2v) is 11.6. The molecule has 4 N–H and O–H groups in total. The molecule has 222 valence electrons. The fourth-order valence-electron chi connectivity index (χ4n) is 6.00. The molecule has 4 aromatic carbocycles. The zero-order valence-electron chi connectivity index (χ0n) is 25.5. The lowest BCUT2D eigenvalue weighted by Crippen LogP contribution is -2.28. The number of methoxy groups -OCH3 is 1. The van der Waals surface area contributed by atoms with Crippen LogP contribution >= 0.6 is 0 Å².